The fourth-order valence-electron chi connectivity index (χ4n) is 4.12. The van der Waals surface area contributed by atoms with E-state index in [1.54, 1.807) is 6.07 Å². The molecule has 1 aromatic heterocycles. The number of rotatable bonds is 5. The quantitative estimate of drug-likeness (QED) is 0.732. The molecule has 1 N–H and O–H groups in total. The summed E-state index contributed by atoms with van der Waals surface area (Å²) < 4.78 is 33.6. The Hall–Kier alpha value is -2.01. The Kier molecular flexibility index (Phi) is 6.34. The molecule has 0 bridgehead atoms. The van der Waals surface area contributed by atoms with Crippen molar-refractivity contribution >= 4 is 32.4 Å². The summed E-state index contributed by atoms with van der Waals surface area (Å²) in [5, 5.41) is 3.37. The Morgan fingerprint density at radius 1 is 1.29 bits per heavy atom. The van der Waals surface area contributed by atoms with Crippen molar-refractivity contribution in [1.82, 2.24) is 14.2 Å². The second kappa shape index (κ2) is 8.85. The number of carbonyl (C=O) groups excluding carboxylic acids is 1. The highest BCUT2D eigenvalue weighted by Crippen LogP contribution is 2.32. The van der Waals surface area contributed by atoms with Crippen LogP contribution in [0.1, 0.15) is 47.1 Å². The lowest BCUT2D eigenvalue weighted by molar-refractivity contribution is 0.102. The van der Waals surface area contributed by atoms with Crippen molar-refractivity contribution in [3.8, 4) is 5.75 Å². The summed E-state index contributed by atoms with van der Waals surface area (Å²) in [5.41, 5.74) is 1.28. The van der Waals surface area contributed by atoms with Crippen molar-refractivity contribution in [1.29, 1.82) is 0 Å². The monoisotopic (exact) mass is 464 g/mol. The number of carbonyl (C=O) groups is 1. The average Bonchev–Trinajstić information content (AvgIpc) is 3.14. The third-order valence-electron chi connectivity index (χ3n) is 5.90. The summed E-state index contributed by atoms with van der Waals surface area (Å²) in [6.45, 7) is 4.16. The molecule has 0 saturated carbocycles. The van der Waals surface area contributed by atoms with Gasteiger partial charge < -0.3 is 9.64 Å². The normalized spacial score (nSPS) is 20.3. The Labute approximate surface area is 187 Å². The van der Waals surface area contributed by atoms with Crippen molar-refractivity contribution in [2.24, 2.45) is 0 Å². The van der Waals surface area contributed by atoms with Crippen LogP contribution in [0, 0.1) is 0 Å². The molecule has 10 heteroatoms. The van der Waals surface area contributed by atoms with Crippen LogP contribution >= 0.6 is 11.3 Å². The topological polar surface area (TPSA) is 91.8 Å². The van der Waals surface area contributed by atoms with E-state index in [2.05, 4.69) is 22.2 Å². The van der Waals surface area contributed by atoms with Gasteiger partial charge in [0.05, 0.1) is 12.8 Å². The number of likely N-dealkylation sites (N-methyl/N-ethyl adjacent to an activating group) is 1. The number of amides is 1. The number of hydrogen-bond donors (Lipinski definition) is 1. The summed E-state index contributed by atoms with van der Waals surface area (Å²) in [7, 11) is -0.287. The Balaban J connectivity index is 1.60. The van der Waals surface area contributed by atoms with Crippen LogP contribution in [0.25, 0.3) is 0 Å². The number of piperidine rings is 1. The number of sulfonamides is 1. The fraction of sp³-hybridized carbons (Fsp3) is 0.524. The molecule has 168 valence electrons. The first-order valence-electron chi connectivity index (χ1n) is 10.5. The van der Waals surface area contributed by atoms with E-state index in [-0.39, 0.29) is 28.2 Å². The first-order valence-corrected chi connectivity index (χ1v) is 12.7. The van der Waals surface area contributed by atoms with Gasteiger partial charge in [-0.25, -0.2) is 13.4 Å². The Bertz CT molecular complexity index is 1080. The maximum Gasteiger partial charge on any atom is 0.257 e. The Morgan fingerprint density at radius 2 is 2.10 bits per heavy atom. The number of methoxy groups -OCH3 is 1. The molecule has 2 aliphatic rings. The van der Waals surface area contributed by atoms with Gasteiger partial charge in [-0.05, 0) is 45.0 Å². The maximum atomic E-state index is 13.4. The molecular formula is C21H28N4O4S2. The third-order valence-corrected chi connectivity index (χ3v) is 8.93. The van der Waals surface area contributed by atoms with E-state index in [0.717, 1.165) is 49.3 Å². The van der Waals surface area contributed by atoms with Gasteiger partial charge in [0.1, 0.15) is 10.6 Å². The maximum absolute atomic E-state index is 13.4. The third kappa shape index (κ3) is 4.48. The lowest BCUT2D eigenvalue weighted by Crippen LogP contribution is -2.42. The van der Waals surface area contributed by atoms with E-state index in [4.69, 9.17) is 4.74 Å². The van der Waals surface area contributed by atoms with Crippen LogP contribution in [-0.2, 0) is 23.0 Å². The molecule has 31 heavy (non-hydrogen) atoms. The van der Waals surface area contributed by atoms with Gasteiger partial charge in [0.15, 0.2) is 5.13 Å². The molecule has 1 fully saturated rings. The van der Waals surface area contributed by atoms with Crippen molar-refractivity contribution in [2.75, 3.05) is 32.6 Å². The number of aromatic nitrogens is 1. The summed E-state index contributed by atoms with van der Waals surface area (Å²) in [4.78, 5) is 20.8. The number of benzene rings is 1. The predicted molar refractivity (Wildman–Crippen MR) is 120 cm³/mol. The molecule has 2 aliphatic heterocycles. The standard InChI is InChI=1S/C21H28N4O4S2/c1-14-6-4-5-10-25(14)31(27,28)19-12-15(7-8-17(19)29-3)20(26)23-21-22-16-9-11-24(2)13-18(16)30-21/h7-8,12,14H,4-6,9-11,13H2,1-3H3,(H,22,23,26). The van der Waals surface area contributed by atoms with Crippen LogP contribution in [0.5, 0.6) is 5.75 Å². The SMILES string of the molecule is COc1ccc(C(=O)Nc2nc3c(s2)CN(C)CC3)cc1S(=O)(=O)N1CCCCC1C. The smallest absolute Gasteiger partial charge is 0.257 e. The molecule has 1 saturated heterocycles. The lowest BCUT2D eigenvalue weighted by atomic mass is 10.1. The minimum Gasteiger partial charge on any atom is -0.495 e. The van der Waals surface area contributed by atoms with Gasteiger partial charge in [0.2, 0.25) is 10.0 Å². The van der Waals surface area contributed by atoms with Crippen LogP contribution in [0.15, 0.2) is 23.1 Å². The number of fused-ring (bicyclic) bond motifs is 1. The average molecular weight is 465 g/mol. The number of thiazole rings is 1. The second-order valence-electron chi connectivity index (χ2n) is 8.16. The highest BCUT2D eigenvalue weighted by Gasteiger charge is 2.33. The summed E-state index contributed by atoms with van der Waals surface area (Å²) >= 11 is 1.47. The first-order chi connectivity index (χ1) is 14.8. The Morgan fingerprint density at radius 3 is 2.84 bits per heavy atom. The van der Waals surface area contributed by atoms with E-state index in [0.29, 0.717) is 11.7 Å². The van der Waals surface area contributed by atoms with Crippen molar-refractivity contribution < 1.29 is 17.9 Å². The van der Waals surface area contributed by atoms with E-state index in [9.17, 15) is 13.2 Å². The minimum atomic E-state index is -3.78. The fourth-order valence-corrected chi connectivity index (χ4v) is 7.09. The molecule has 1 unspecified atom stereocenters. The van der Waals surface area contributed by atoms with E-state index in [1.165, 1.54) is 34.9 Å². The predicted octanol–water partition coefficient (Wildman–Crippen LogP) is 2.96. The molecule has 2 aromatic rings. The summed E-state index contributed by atoms with van der Waals surface area (Å²) in [6, 6.07) is 4.44. The van der Waals surface area contributed by atoms with Crippen LogP contribution in [-0.4, -0.2) is 61.8 Å². The second-order valence-corrected chi connectivity index (χ2v) is 11.1. The highest BCUT2D eigenvalue weighted by molar-refractivity contribution is 7.89. The van der Waals surface area contributed by atoms with Crippen molar-refractivity contribution in [3.63, 3.8) is 0 Å². The van der Waals surface area contributed by atoms with Gasteiger partial charge in [-0.15, -0.1) is 11.3 Å². The number of nitrogens with zero attached hydrogens (tertiary/aromatic N) is 3. The lowest BCUT2D eigenvalue weighted by Gasteiger charge is -2.32. The van der Waals surface area contributed by atoms with Crippen LogP contribution in [0.4, 0.5) is 5.13 Å². The zero-order valence-corrected chi connectivity index (χ0v) is 19.7. The minimum absolute atomic E-state index is 0.0245. The highest BCUT2D eigenvalue weighted by atomic mass is 32.2. The number of nitrogens with one attached hydrogen (secondary N) is 1. The zero-order chi connectivity index (χ0) is 22.2. The van der Waals surface area contributed by atoms with Gasteiger partial charge >= 0.3 is 0 Å². The molecule has 0 spiro atoms. The van der Waals surface area contributed by atoms with Crippen LogP contribution in [0.3, 0.4) is 0 Å². The summed E-state index contributed by atoms with van der Waals surface area (Å²) in [6.07, 6.45) is 3.53. The zero-order valence-electron chi connectivity index (χ0n) is 18.1. The molecule has 3 heterocycles. The number of hydrogen-bond acceptors (Lipinski definition) is 7. The van der Waals surface area contributed by atoms with Gasteiger partial charge in [0.25, 0.3) is 5.91 Å². The van der Waals surface area contributed by atoms with Crippen LogP contribution < -0.4 is 10.1 Å². The largest absolute Gasteiger partial charge is 0.495 e. The van der Waals surface area contributed by atoms with Crippen molar-refractivity contribution in [2.45, 2.75) is 50.1 Å². The molecule has 1 aromatic carbocycles. The van der Waals surface area contributed by atoms with Crippen molar-refractivity contribution in [3.05, 3.63) is 34.3 Å². The molecule has 1 amide bonds. The summed E-state index contributed by atoms with van der Waals surface area (Å²) in [5.74, 6) is -0.146. The van der Waals surface area contributed by atoms with Gasteiger partial charge in [0, 0.05) is 42.5 Å². The first kappa shape index (κ1) is 22.2. The molecule has 1 atom stereocenters. The molecule has 8 nitrogen and oxygen atoms in total. The van der Waals surface area contributed by atoms with Gasteiger partial charge in [-0.1, -0.05) is 6.42 Å². The van der Waals surface area contributed by atoms with E-state index in [1.807, 2.05) is 6.92 Å². The van der Waals surface area contributed by atoms with E-state index < -0.39 is 10.0 Å². The molecular weight excluding hydrogens is 436 g/mol. The van der Waals surface area contributed by atoms with Crippen LogP contribution in [0.2, 0.25) is 0 Å². The molecule has 0 aliphatic carbocycles. The molecule has 0 radical (unpaired) electrons. The number of ether oxygens (including phenoxy) is 1. The molecule has 4 rings (SSSR count). The van der Waals surface area contributed by atoms with Gasteiger partial charge in [-0.3, -0.25) is 10.1 Å². The number of anilines is 1. The van der Waals surface area contributed by atoms with Gasteiger partial charge in [-0.2, -0.15) is 4.31 Å². The van der Waals surface area contributed by atoms with E-state index >= 15 is 0 Å².